The van der Waals surface area contributed by atoms with Gasteiger partial charge >= 0.3 is 0 Å². The Morgan fingerprint density at radius 1 is 0.917 bits per heavy atom. The van der Waals surface area contributed by atoms with Crippen molar-refractivity contribution in [3.05, 3.63) is 83.9 Å². The second-order valence-electron chi connectivity index (χ2n) is 5.35. The summed E-state index contributed by atoms with van der Waals surface area (Å²) in [5.41, 5.74) is 2.04. The largest absolute Gasteiger partial charge is 0.388 e. The van der Waals surface area contributed by atoms with Crippen LogP contribution in [0.15, 0.2) is 72.8 Å². The Hall–Kier alpha value is -2.27. The van der Waals surface area contributed by atoms with Crippen molar-refractivity contribution in [1.29, 1.82) is 0 Å². The molecule has 4 heteroatoms. The summed E-state index contributed by atoms with van der Waals surface area (Å²) in [5.74, 6) is 0. The van der Waals surface area contributed by atoms with Gasteiger partial charge in [0.1, 0.15) is 18.5 Å². The monoisotopic (exact) mass is 326 g/mol. The highest BCUT2D eigenvalue weighted by molar-refractivity contribution is 5.64. The van der Waals surface area contributed by atoms with Gasteiger partial charge in [-0.3, -0.25) is 4.79 Å². The topological polar surface area (TPSA) is 55.8 Å². The quantitative estimate of drug-likeness (QED) is 0.539. The number of ether oxygens (including phenoxy) is 2. The van der Waals surface area contributed by atoms with Gasteiger partial charge in [0.2, 0.25) is 0 Å². The number of aliphatic hydroxyl groups excluding tert-OH is 1. The molecule has 0 fully saturated rings. The van der Waals surface area contributed by atoms with E-state index in [0.29, 0.717) is 19.5 Å². The fraction of sp³-hybridized carbons (Fsp3) is 0.250. The highest BCUT2D eigenvalue weighted by Gasteiger charge is 2.17. The lowest BCUT2D eigenvalue weighted by atomic mass is 10.2. The van der Waals surface area contributed by atoms with Crippen molar-refractivity contribution in [2.24, 2.45) is 0 Å². The Morgan fingerprint density at radius 3 is 2.08 bits per heavy atom. The molecule has 0 heterocycles. The maximum atomic E-state index is 10.5. The number of hydrogen-bond acceptors (Lipinski definition) is 4. The maximum Gasteiger partial charge on any atom is 0.142 e. The number of rotatable bonds is 10. The zero-order chi connectivity index (χ0) is 17.0. The molecule has 0 aromatic heterocycles. The molecule has 0 aliphatic rings. The van der Waals surface area contributed by atoms with Crippen molar-refractivity contribution < 1.29 is 19.4 Å². The maximum absolute atomic E-state index is 10.5. The Kier molecular flexibility index (Phi) is 7.90. The summed E-state index contributed by atoms with van der Waals surface area (Å²) in [6.07, 6.45) is 2.08. The first kappa shape index (κ1) is 18.1. The standard InChI is InChI=1S/C20H22O4/c21-13-7-12-20(24-15-18-10-5-2-6-11-18)19(22)16-23-14-17-8-3-1-4-9-17/h1-13,19-20,22H,14-16H2/b12-7+/t19-,20+/m1/s1. The molecule has 0 bridgehead atoms. The van der Waals surface area contributed by atoms with Crippen LogP contribution in [-0.4, -0.2) is 30.2 Å². The first-order valence-electron chi connectivity index (χ1n) is 7.87. The van der Waals surface area contributed by atoms with E-state index in [-0.39, 0.29) is 6.61 Å². The third-order valence-electron chi connectivity index (χ3n) is 3.44. The molecule has 0 amide bonds. The molecule has 0 aliphatic heterocycles. The first-order valence-corrected chi connectivity index (χ1v) is 7.87. The van der Waals surface area contributed by atoms with Gasteiger partial charge in [-0.15, -0.1) is 0 Å². The predicted molar refractivity (Wildman–Crippen MR) is 92.3 cm³/mol. The SMILES string of the molecule is O=C/C=C/[C@H](OCc1ccccc1)[C@H](O)COCc1ccccc1. The van der Waals surface area contributed by atoms with Crippen molar-refractivity contribution in [2.75, 3.05) is 6.61 Å². The molecule has 0 unspecified atom stereocenters. The molecule has 2 aromatic rings. The van der Waals surface area contributed by atoms with E-state index in [9.17, 15) is 9.90 Å². The van der Waals surface area contributed by atoms with Crippen LogP contribution in [-0.2, 0) is 27.5 Å². The van der Waals surface area contributed by atoms with Gasteiger partial charge < -0.3 is 14.6 Å². The van der Waals surface area contributed by atoms with Gasteiger partial charge in [0, 0.05) is 0 Å². The van der Waals surface area contributed by atoms with E-state index >= 15 is 0 Å². The van der Waals surface area contributed by atoms with E-state index in [4.69, 9.17) is 9.47 Å². The Balaban J connectivity index is 1.83. The molecule has 2 atom stereocenters. The van der Waals surface area contributed by atoms with Crippen LogP contribution in [0.4, 0.5) is 0 Å². The summed E-state index contributed by atoms with van der Waals surface area (Å²) >= 11 is 0. The van der Waals surface area contributed by atoms with Crippen LogP contribution in [0.3, 0.4) is 0 Å². The zero-order valence-corrected chi connectivity index (χ0v) is 13.5. The average Bonchev–Trinajstić information content (AvgIpc) is 2.63. The Bertz CT molecular complexity index is 610. The second-order valence-corrected chi connectivity index (χ2v) is 5.35. The minimum Gasteiger partial charge on any atom is -0.388 e. The molecule has 4 nitrogen and oxygen atoms in total. The summed E-state index contributed by atoms with van der Waals surface area (Å²) in [4.78, 5) is 10.5. The van der Waals surface area contributed by atoms with Gasteiger partial charge in [0.05, 0.1) is 19.8 Å². The Labute approximate surface area is 142 Å². The number of benzene rings is 2. The molecule has 24 heavy (non-hydrogen) atoms. The van der Waals surface area contributed by atoms with E-state index in [1.54, 1.807) is 6.08 Å². The van der Waals surface area contributed by atoms with Gasteiger partial charge in [-0.25, -0.2) is 0 Å². The van der Waals surface area contributed by atoms with Crippen LogP contribution in [0, 0.1) is 0 Å². The van der Waals surface area contributed by atoms with Crippen LogP contribution in [0.5, 0.6) is 0 Å². The molecule has 0 saturated heterocycles. The van der Waals surface area contributed by atoms with Crippen molar-refractivity contribution in [3.8, 4) is 0 Å². The lowest BCUT2D eigenvalue weighted by molar-refractivity contribution is -0.104. The molecule has 0 spiro atoms. The van der Waals surface area contributed by atoms with Crippen LogP contribution >= 0.6 is 0 Å². The van der Waals surface area contributed by atoms with E-state index in [0.717, 1.165) is 11.1 Å². The number of carbonyl (C=O) groups excluding carboxylic acids is 1. The number of aldehydes is 1. The zero-order valence-electron chi connectivity index (χ0n) is 13.5. The van der Waals surface area contributed by atoms with Crippen LogP contribution < -0.4 is 0 Å². The van der Waals surface area contributed by atoms with Crippen LogP contribution in [0.25, 0.3) is 0 Å². The molecule has 0 saturated carbocycles. The van der Waals surface area contributed by atoms with E-state index in [1.807, 2.05) is 60.7 Å². The summed E-state index contributed by atoms with van der Waals surface area (Å²) in [6, 6.07) is 19.4. The van der Waals surface area contributed by atoms with E-state index in [2.05, 4.69) is 0 Å². The minimum absolute atomic E-state index is 0.123. The number of allylic oxidation sites excluding steroid dienone is 1. The first-order chi connectivity index (χ1) is 11.8. The highest BCUT2D eigenvalue weighted by Crippen LogP contribution is 2.09. The van der Waals surface area contributed by atoms with Gasteiger partial charge in [-0.1, -0.05) is 60.7 Å². The highest BCUT2D eigenvalue weighted by atomic mass is 16.5. The molecule has 0 radical (unpaired) electrons. The summed E-state index contributed by atoms with van der Waals surface area (Å²) < 4.78 is 11.3. The van der Waals surface area contributed by atoms with Gasteiger partial charge in [-0.05, 0) is 23.3 Å². The molecular weight excluding hydrogens is 304 g/mol. The number of aliphatic hydroxyl groups is 1. The van der Waals surface area contributed by atoms with Crippen molar-refractivity contribution in [2.45, 2.75) is 25.4 Å². The summed E-state index contributed by atoms with van der Waals surface area (Å²) in [6.45, 7) is 0.892. The average molecular weight is 326 g/mol. The van der Waals surface area contributed by atoms with Crippen LogP contribution in [0.2, 0.25) is 0 Å². The number of hydrogen-bond donors (Lipinski definition) is 1. The lowest BCUT2D eigenvalue weighted by Gasteiger charge is -2.20. The number of carbonyl (C=O) groups is 1. The van der Waals surface area contributed by atoms with Gasteiger partial charge in [0.25, 0.3) is 0 Å². The molecule has 0 aliphatic carbocycles. The van der Waals surface area contributed by atoms with Crippen molar-refractivity contribution in [1.82, 2.24) is 0 Å². The van der Waals surface area contributed by atoms with E-state index < -0.39 is 12.2 Å². The molecule has 126 valence electrons. The van der Waals surface area contributed by atoms with Gasteiger partial charge in [0.15, 0.2) is 0 Å². The molecule has 1 N–H and O–H groups in total. The Morgan fingerprint density at radius 2 is 1.50 bits per heavy atom. The molecular formula is C20H22O4. The van der Waals surface area contributed by atoms with Crippen molar-refractivity contribution >= 4 is 6.29 Å². The second kappa shape index (κ2) is 10.5. The minimum atomic E-state index is -0.853. The molecule has 2 rings (SSSR count). The molecule has 2 aromatic carbocycles. The van der Waals surface area contributed by atoms with Gasteiger partial charge in [-0.2, -0.15) is 0 Å². The van der Waals surface area contributed by atoms with E-state index in [1.165, 1.54) is 6.08 Å². The smallest absolute Gasteiger partial charge is 0.142 e. The fourth-order valence-electron chi connectivity index (χ4n) is 2.18. The van der Waals surface area contributed by atoms with Crippen molar-refractivity contribution in [3.63, 3.8) is 0 Å². The normalized spacial score (nSPS) is 13.7. The third kappa shape index (κ3) is 6.46. The summed E-state index contributed by atoms with van der Waals surface area (Å²) in [7, 11) is 0. The summed E-state index contributed by atoms with van der Waals surface area (Å²) in [5, 5.41) is 10.3. The predicted octanol–water partition coefficient (Wildman–Crippen LogP) is 2.90. The third-order valence-corrected chi connectivity index (χ3v) is 3.44. The van der Waals surface area contributed by atoms with Crippen LogP contribution in [0.1, 0.15) is 11.1 Å². The fourth-order valence-corrected chi connectivity index (χ4v) is 2.18. The lowest BCUT2D eigenvalue weighted by Crippen LogP contribution is -2.31.